The topological polar surface area (TPSA) is 73.6 Å². The molecule has 0 aliphatic carbocycles. The number of rotatable bonds is 5. The minimum absolute atomic E-state index is 0.0699. The molecule has 1 aromatic carbocycles. The summed E-state index contributed by atoms with van der Waals surface area (Å²) in [6, 6.07) is 7.11. The molecule has 0 radical (unpaired) electrons. The first-order valence-electron chi connectivity index (χ1n) is 6.09. The molecule has 5 heteroatoms. The molecule has 98 valence electrons. The summed E-state index contributed by atoms with van der Waals surface area (Å²) in [4.78, 5) is 11.6. The quantitative estimate of drug-likeness (QED) is 0.775. The van der Waals surface area contributed by atoms with Crippen LogP contribution in [0.25, 0.3) is 0 Å². The summed E-state index contributed by atoms with van der Waals surface area (Å²) in [5.41, 5.74) is 6.97. The Hall–Kier alpha value is -1.59. The van der Waals surface area contributed by atoms with Crippen LogP contribution in [0.15, 0.2) is 24.3 Å². The van der Waals surface area contributed by atoms with Crippen LogP contribution in [0, 0.1) is 0 Å². The minimum Gasteiger partial charge on any atom is -0.399 e. The fraction of sp³-hybridized carbons (Fsp3) is 0.462. The maximum atomic E-state index is 11.6. The highest BCUT2D eigenvalue weighted by molar-refractivity contribution is 5.91. The molecule has 0 spiro atoms. The predicted molar refractivity (Wildman–Crippen MR) is 69.3 cm³/mol. The van der Waals surface area contributed by atoms with Gasteiger partial charge in [-0.2, -0.15) is 0 Å². The molecule has 0 aromatic heterocycles. The maximum absolute atomic E-state index is 11.6. The van der Waals surface area contributed by atoms with Crippen LogP contribution in [0.1, 0.15) is 12.8 Å². The lowest BCUT2D eigenvalue weighted by atomic mass is 10.2. The molecular weight excluding hydrogens is 232 g/mol. The number of nitrogens with two attached hydrogens (primary N) is 1. The summed E-state index contributed by atoms with van der Waals surface area (Å²) in [5.74, 6) is -0.0699. The number of nitrogens with one attached hydrogen (secondary N) is 1. The molecule has 1 saturated heterocycles. The highest BCUT2D eigenvalue weighted by Gasteiger charge is 2.16. The number of hydrogen-bond acceptors (Lipinski definition) is 4. The van der Waals surface area contributed by atoms with Crippen LogP contribution >= 0.6 is 0 Å². The van der Waals surface area contributed by atoms with E-state index in [1.807, 2.05) is 0 Å². The van der Waals surface area contributed by atoms with E-state index in [2.05, 4.69) is 5.32 Å². The Kier molecular flexibility index (Phi) is 4.55. The van der Waals surface area contributed by atoms with Gasteiger partial charge in [-0.3, -0.25) is 4.79 Å². The molecule has 0 bridgehead atoms. The fourth-order valence-corrected chi connectivity index (χ4v) is 1.80. The largest absolute Gasteiger partial charge is 0.399 e. The summed E-state index contributed by atoms with van der Waals surface area (Å²) in [7, 11) is 0. The van der Waals surface area contributed by atoms with Crippen molar-refractivity contribution in [1.29, 1.82) is 0 Å². The van der Waals surface area contributed by atoms with Crippen LogP contribution in [-0.4, -0.2) is 31.8 Å². The third-order valence-electron chi connectivity index (χ3n) is 2.74. The number of carbonyl (C=O) groups excluding carboxylic acids is 1. The van der Waals surface area contributed by atoms with E-state index >= 15 is 0 Å². The first kappa shape index (κ1) is 12.9. The molecule has 2 rings (SSSR count). The smallest absolute Gasteiger partial charge is 0.226 e. The first-order chi connectivity index (χ1) is 8.74. The molecule has 18 heavy (non-hydrogen) atoms. The molecule has 0 saturated carbocycles. The minimum atomic E-state index is -0.0699. The summed E-state index contributed by atoms with van der Waals surface area (Å²) in [6.07, 6.45) is 1.40. The van der Waals surface area contributed by atoms with Crippen molar-refractivity contribution in [1.82, 2.24) is 0 Å². The highest BCUT2D eigenvalue weighted by Crippen LogP contribution is 2.12. The zero-order chi connectivity index (χ0) is 12.8. The molecule has 1 unspecified atom stereocenters. The van der Waals surface area contributed by atoms with Gasteiger partial charge >= 0.3 is 0 Å². The van der Waals surface area contributed by atoms with Gasteiger partial charge in [0.1, 0.15) is 0 Å². The third-order valence-corrected chi connectivity index (χ3v) is 2.74. The normalized spacial score (nSPS) is 18.8. The molecule has 1 fully saturated rings. The van der Waals surface area contributed by atoms with Crippen molar-refractivity contribution in [3.63, 3.8) is 0 Å². The lowest BCUT2D eigenvalue weighted by Crippen LogP contribution is -2.18. The maximum Gasteiger partial charge on any atom is 0.226 e. The van der Waals surface area contributed by atoms with E-state index in [9.17, 15) is 4.79 Å². The van der Waals surface area contributed by atoms with Gasteiger partial charge in [0.15, 0.2) is 0 Å². The van der Waals surface area contributed by atoms with E-state index in [4.69, 9.17) is 15.2 Å². The second kappa shape index (κ2) is 6.37. The highest BCUT2D eigenvalue weighted by atomic mass is 16.5. The van der Waals surface area contributed by atoms with Gasteiger partial charge in [-0.15, -0.1) is 0 Å². The van der Waals surface area contributed by atoms with E-state index < -0.39 is 0 Å². The van der Waals surface area contributed by atoms with Crippen LogP contribution in [0.2, 0.25) is 0 Å². The van der Waals surface area contributed by atoms with Gasteiger partial charge in [-0.25, -0.2) is 0 Å². The summed E-state index contributed by atoms with van der Waals surface area (Å²) >= 11 is 0. The molecule has 1 heterocycles. The number of amides is 1. The Labute approximate surface area is 106 Å². The van der Waals surface area contributed by atoms with E-state index in [0.29, 0.717) is 31.0 Å². The van der Waals surface area contributed by atoms with Crippen LogP contribution in [0.4, 0.5) is 11.4 Å². The van der Waals surface area contributed by atoms with E-state index in [-0.39, 0.29) is 12.0 Å². The number of nitrogen functional groups attached to an aromatic ring is 1. The van der Waals surface area contributed by atoms with Gasteiger partial charge in [0.25, 0.3) is 0 Å². The van der Waals surface area contributed by atoms with Crippen molar-refractivity contribution in [2.75, 3.05) is 30.9 Å². The summed E-state index contributed by atoms with van der Waals surface area (Å²) in [6.45, 7) is 1.80. The van der Waals surface area contributed by atoms with Crippen LogP contribution in [-0.2, 0) is 14.3 Å². The number of carbonyl (C=O) groups is 1. The molecule has 1 aliphatic heterocycles. The standard InChI is InChI=1S/C13H18N2O3/c14-10-2-1-3-11(8-10)15-13(16)5-7-18-12-4-6-17-9-12/h1-3,8,12H,4-7,9,14H2,(H,15,16). The lowest BCUT2D eigenvalue weighted by Gasteiger charge is -2.10. The van der Waals surface area contributed by atoms with Gasteiger partial charge in [0.05, 0.1) is 25.7 Å². The number of benzene rings is 1. The van der Waals surface area contributed by atoms with Gasteiger partial charge < -0.3 is 20.5 Å². The summed E-state index contributed by atoms with van der Waals surface area (Å²) in [5, 5.41) is 2.78. The lowest BCUT2D eigenvalue weighted by molar-refractivity contribution is -0.117. The Morgan fingerprint density at radius 2 is 2.44 bits per heavy atom. The van der Waals surface area contributed by atoms with Crippen LogP contribution in [0.5, 0.6) is 0 Å². The Morgan fingerprint density at radius 1 is 1.56 bits per heavy atom. The van der Waals surface area contributed by atoms with Gasteiger partial charge in [-0.1, -0.05) is 6.07 Å². The fourth-order valence-electron chi connectivity index (χ4n) is 1.80. The van der Waals surface area contributed by atoms with Crippen molar-refractivity contribution in [2.24, 2.45) is 0 Å². The molecular formula is C13H18N2O3. The third kappa shape index (κ3) is 4.01. The Balaban J connectivity index is 1.68. The predicted octanol–water partition coefficient (Wildman–Crippen LogP) is 1.40. The Morgan fingerprint density at radius 3 is 3.17 bits per heavy atom. The molecule has 1 amide bonds. The second-order valence-corrected chi connectivity index (χ2v) is 4.28. The van der Waals surface area contributed by atoms with E-state index in [1.165, 1.54) is 0 Å². The van der Waals surface area contributed by atoms with Crippen molar-refractivity contribution < 1.29 is 14.3 Å². The van der Waals surface area contributed by atoms with Crippen molar-refractivity contribution in [2.45, 2.75) is 18.9 Å². The monoisotopic (exact) mass is 250 g/mol. The zero-order valence-corrected chi connectivity index (χ0v) is 10.2. The molecule has 3 N–H and O–H groups in total. The Bertz CT molecular complexity index is 403. The number of hydrogen-bond donors (Lipinski definition) is 2. The SMILES string of the molecule is Nc1cccc(NC(=O)CCOC2CCOC2)c1. The number of ether oxygens (including phenoxy) is 2. The first-order valence-corrected chi connectivity index (χ1v) is 6.09. The molecule has 1 atom stereocenters. The van der Waals surface area contributed by atoms with Gasteiger partial charge in [0, 0.05) is 18.0 Å². The van der Waals surface area contributed by atoms with Gasteiger partial charge in [-0.05, 0) is 24.6 Å². The molecule has 5 nitrogen and oxygen atoms in total. The average molecular weight is 250 g/mol. The average Bonchev–Trinajstić information content (AvgIpc) is 2.82. The van der Waals surface area contributed by atoms with Crippen molar-refractivity contribution >= 4 is 17.3 Å². The van der Waals surface area contributed by atoms with Gasteiger partial charge in [0.2, 0.25) is 5.91 Å². The van der Waals surface area contributed by atoms with Crippen molar-refractivity contribution in [3.8, 4) is 0 Å². The zero-order valence-electron chi connectivity index (χ0n) is 10.2. The van der Waals surface area contributed by atoms with Crippen LogP contribution < -0.4 is 11.1 Å². The molecule has 1 aliphatic rings. The van der Waals surface area contributed by atoms with Crippen molar-refractivity contribution in [3.05, 3.63) is 24.3 Å². The van der Waals surface area contributed by atoms with E-state index in [0.717, 1.165) is 13.0 Å². The summed E-state index contributed by atoms with van der Waals surface area (Å²) < 4.78 is 10.7. The second-order valence-electron chi connectivity index (χ2n) is 4.28. The van der Waals surface area contributed by atoms with E-state index in [1.54, 1.807) is 24.3 Å². The van der Waals surface area contributed by atoms with Crippen LogP contribution in [0.3, 0.4) is 0 Å². The number of anilines is 2. The molecule has 1 aromatic rings.